The van der Waals surface area contributed by atoms with Gasteiger partial charge in [-0.05, 0) is 18.2 Å². The van der Waals surface area contributed by atoms with Crippen LogP contribution < -0.4 is 16.4 Å². The highest BCUT2D eigenvalue weighted by atomic mass is 19.4. The number of amides is 1. The summed E-state index contributed by atoms with van der Waals surface area (Å²) in [5.41, 5.74) is 12.7. The fourth-order valence-corrected chi connectivity index (χ4v) is 3.76. The lowest BCUT2D eigenvalue weighted by molar-refractivity contribution is -0.191. The Morgan fingerprint density at radius 1 is 1.09 bits per heavy atom. The molecule has 1 atom stereocenters. The highest BCUT2D eigenvalue weighted by Crippen LogP contribution is 2.37. The zero-order chi connectivity index (χ0) is 24.9. The Hall–Kier alpha value is -4.49. The van der Waals surface area contributed by atoms with Crippen molar-refractivity contribution >= 4 is 34.4 Å². The second-order valence-electron chi connectivity index (χ2n) is 7.66. The number of alkyl halides is 3. The van der Waals surface area contributed by atoms with Crippen molar-refractivity contribution in [3.05, 3.63) is 54.0 Å². The Morgan fingerprint density at radius 2 is 1.80 bits per heavy atom. The number of anilines is 3. The number of rotatable bonds is 4. The number of cyclic esters (lactones) is 1. The van der Waals surface area contributed by atoms with Gasteiger partial charge < -0.3 is 16.2 Å². The van der Waals surface area contributed by atoms with Gasteiger partial charge in [0.25, 0.3) is 0 Å². The molecule has 0 bridgehead atoms. The number of ether oxygens (including phenoxy) is 1. The van der Waals surface area contributed by atoms with Gasteiger partial charge in [0, 0.05) is 11.8 Å². The number of aromatic nitrogens is 5. The molecule has 180 valence electrons. The first-order valence-corrected chi connectivity index (χ1v) is 10.2. The molecule has 14 heteroatoms. The van der Waals surface area contributed by atoms with Crippen molar-refractivity contribution in [2.24, 2.45) is 0 Å². The predicted octanol–water partition coefficient (Wildman–Crippen LogP) is 3.13. The minimum absolute atomic E-state index is 0.0473. The Balaban J connectivity index is 1.55. The second kappa shape index (κ2) is 8.07. The number of hydrogen-bond donors (Lipinski definition) is 2. The van der Waals surface area contributed by atoms with Crippen molar-refractivity contribution in [2.75, 3.05) is 22.9 Å². The van der Waals surface area contributed by atoms with Crippen LogP contribution in [0, 0.1) is 5.82 Å². The molecule has 0 aliphatic carbocycles. The third kappa shape index (κ3) is 3.92. The van der Waals surface area contributed by atoms with Crippen molar-refractivity contribution in [3.8, 4) is 11.5 Å². The maximum absolute atomic E-state index is 14.2. The molecule has 0 spiro atoms. The standard InChI is InChI=1S/C21H16F4N8O2/c22-12-6-2-1-4-10(12)8-33-19-11(5-3-7-28-19)14(31-33)18-29-16(26)15(17(27)30-18)32-9-13(21(23,24)25)35-20(32)34/h1-7,13H,8-9H2,(H4,26,27,29,30)/t13-/m1/s1. The minimum Gasteiger partial charge on any atom is -0.434 e. The maximum atomic E-state index is 14.2. The lowest BCUT2D eigenvalue weighted by atomic mass is 10.2. The Labute approximate surface area is 194 Å². The quantitative estimate of drug-likeness (QED) is 0.418. The summed E-state index contributed by atoms with van der Waals surface area (Å²) in [5.74, 6) is -1.15. The topological polar surface area (TPSA) is 138 Å². The molecule has 5 rings (SSSR count). The number of hydrogen-bond acceptors (Lipinski definition) is 8. The van der Waals surface area contributed by atoms with Crippen molar-refractivity contribution in [2.45, 2.75) is 18.8 Å². The normalized spacial score (nSPS) is 16.2. The molecule has 10 nitrogen and oxygen atoms in total. The van der Waals surface area contributed by atoms with E-state index in [1.54, 1.807) is 30.3 Å². The van der Waals surface area contributed by atoms with E-state index in [2.05, 4.69) is 24.8 Å². The summed E-state index contributed by atoms with van der Waals surface area (Å²) in [7, 11) is 0. The summed E-state index contributed by atoms with van der Waals surface area (Å²) in [6.45, 7) is -0.786. The second-order valence-corrected chi connectivity index (χ2v) is 7.66. The van der Waals surface area contributed by atoms with Crippen LogP contribution in [0.4, 0.5) is 39.7 Å². The van der Waals surface area contributed by atoms with Crippen LogP contribution in [-0.4, -0.2) is 49.7 Å². The molecule has 0 unspecified atom stereocenters. The van der Waals surface area contributed by atoms with Crippen LogP contribution in [0.25, 0.3) is 22.6 Å². The van der Waals surface area contributed by atoms with E-state index < -0.39 is 30.7 Å². The fraction of sp³-hybridized carbons (Fsp3) is 0.190. The average Bonchev–Trinajstić information content (AvgIpc) is 3.36. The monoisotopic (exact) mass is 488 g/mol. The van der Waals surface area contributed by atoms with Gasteiger partial charge in [-0.1, -0.05) is 18.2 Å². The van der Waals surface area contributed by atoms with E-state index in [1.807, 2.05) is 0 Å². The maximum Gasteiger partial charge on any atom is 0.427 e. The molecular weight excluding hydrogens is 472 g/mol. The largest absolute Gasteiger partial charge is 0.434 e. The van der Waals surface area contributed by atoms with E-state index in [0.29, 0.717) is 21.5 Å². The summed E-state index contributed by atoms with van der Waals surface area (Å²) in [6.07, 6.45) is -6.83. The van der Waals surface area contributed by atoms with Gasteiger partial charge in [-0.2, -0.15) is 18.3 Å². The van der Waals surface area contributed by atoms with Gasteiger partial charge in [-0.3, -0.25) is 4.90 Å². The van der Waals surface area contributed by atoms with Crippen LogP contribution >= 0.6 is 0 Å². The lowest BCUT2D eigenvalue weighted by Gasteiger charge is -2.17. The number of nitrogens with two attached hydrogens (primary N) is 2. The first kappa shape index (κ1) is 22.3. The number of benzene rings is 1. The zero-order valence-electron chi connectivity index (χ0n) is 17.7. The van der Waals surface area contributed by atoms with Crippen molar-refractivity contribution < 1.29 is 27.1 Å². The third-order valence-electron chi connectivity index (χ3n) is 5.38. The molecule has 4 aromatic rings. The van der Waals surface area contributed by atoms with E-state index in [0.717, 1.165) is 0 Å². The molecule has 1 aliphatic heterocycles. The number of pyridine rings is 1. The van der Waals surface area contributed by atoms with Crippen LogP contribution in [0.5, 0.6) is 0 Å². The van der Waals surface area contributed by atoms with Crippen LogP contribution in [0.2, 0.25) is 0 Å². The number of fused-ring (bicyclic) bond motifs is 1. The molecule has 0 radical (unpaired) electrons. The van der Waals surface area contributed by atoms with Gasteiger partial charge in [0.15, 0.2) is 23.1 Å². The highest BCUT2D eigenvalue weighted by molar-refractivity contribution is 5.97. The summed E-state index contributed by atoms with van der Waals surface area (Å²) in [4.78, 5) is 25.3. The smallest absolute Gasteiger partial charge is 0.427 e. The van der Waals surface area contributed by atoms with Crippen LogP contribution in [-0.2, 0) is 11.3 Å². The number of carbonyl (C=O) groups excluding carboxylic acids is 1. The highest BCUT2D eigenvalue weighted by Gasteiger charge is 2.50. The molecule has 1 aromatic carbocycles. The molecule has 1 amide bonds. The Bertz CT molecular complexity index is 1430. The number of nitrogen functional groups attached to an aromatic ring is 2. The number of nitrogens with zero attached hydrogens (tertiary/aromatic N) is 6. The summed E-state index contributed by atoms with van der Waals surface area (Å²) in [6, 6.07) is 9.53. The van der Waals surface area contributed by atoms with Crippen molar-refractivity contribution in [1.29, 1.82) is 0 Å². The lowest BCUT2D eigenvalue weighted by Crippen LogP contribution is -2.33. The number of carbonyl (C=O) groups is 1. The van der Waals surface area contributed by atoms with Gasteiger partial charge in [0.05, 0.1) is 18.5 Å². The van der Waals surface area contributed by atoms with Gasteiger partial charge in [0.1, 0.15) is 17.2 Å². The van der Waals surface area contributed by atoms with E-state index in [1.165, 1.54) is 16.9 Å². The molecule has 4 N–H and O–H groups in total. The molecule has 1 fully saturated rings. The molecule has 3 aromatic heterocycles. The van der Waals surface area contributed by atoms with Gasteiger partial charge in [-0.15, -0.1) is 0 Å². The van der Waals surface area contributed by atoms with Gasteiger partial charge in [-0.25, -0.2) is 28.8 Å². The number of halogens is 4. The molecule has 0 saturated carbocycles. The SMILES string of the molecule is Nc1nc(-c2nn(Cc3ccccc3F)c3ncccc23)nc(N)c1N1C[C@H](C(F)(F)F)OC1=O. The minimum atomic E-state index is -4.76. The molecule has 4 heterocycles. The molecular formula is C21H16F4N8O2. The van der Waals surface area contributed by atoms with Crippen LogP contribution in [0.15, 0.2) is 42.6 Å². The van der Waals surface area contributed by atoms with Crippen molar-refractivity contribution in [1.82, 2.24) is 24.7 Å². The Kier molecular flexibility index (Phi) is 5.15. The van der Waals surface area contributed by atoms with E-state index in [4.69, 9.17) is 11.5 Å². The molecule has 35 heavy (non-hydrogen) atoms. The molecule has 1 aliphatic rings. The van der Waals surface area contributed by atoms with Crippen molar-refractivity contribution in [3.63, 3.8) is 0 Å². The van der Waals surface area contributed by atoms with Crippen LogP contribution in [0.1, 0.15) is 5.56 Å². The van der Waals surface area contributed by atoms with E-state index in [9.17, 15) is 22.4 Å². The average molecular weight is 488 g/mol. The first-order valence-electron chi connectivity index (χ1n) is 10.2. The summed E-state index contributed by atoms with van der Waals surface area (Å²) >= 11 is 0. The Morgan fingerprint density at radius 3 is 2.46 bits per heavy atom. The summed E-state index contributed by atoms with van der Waals surface area (Å²) in [5, 5.41) is 4.97. The van der Waals surface area contributed by atoms with E-state index >= 15 is 0 Å². The zero-order valence-corrected chi connectivity index (χ0v) is 17.7. The fourth-order valence-electron chi connectivity index (χ4n) is 3.76. The van der Waals surface area contributed by atoms with Crippen LogP contribution in [0.3, 0.4) is 0 Å². The van der Waals surface area contributed by atoms with Gasteiger partial charge >= 0.3 is 12.3 Å². The first-order chi connectivity index (χ1) is 16.6. The summed E-state index contributed by atoms with van der Waals surface area (Å²) < 4.78 is 59.1. The van der Waals surface area contributed by atoms with E-state index in [-0.39, 0.29) is 35.4 Å². The molecule has 1 saturated heterocycles. The predicted molar refractivity (Wildman–Crippen MR) is 117 cm³/mol. The third-order valence-corrected chi connectivity index (χ3v) is 5.38. The van der Waals surface area contributed by atoms with Gasteiger partial charge in [0.2, 0.25) is 6.10 Å².